The van der Waals surface area contributed by atoms with Crippen molar-refractivity contribution in [3.63, 3.8) is 0 Å². The topological polar surface area (TPSA) is 95.0 Å². The summed E-state index contributed by atoms with van der Waals surface area (Å²) in [6, 6.07) is 11.3. The van der Waals surface area contributed by atoms with Gasteiger partial charge in [0.15, 0.2) is 11.5 Å². The molecule has 0 spiro atoms. The van der Waals surface area contributed by atoms with Crippen LogP contribution in [0.4, 0.5) is 10.5 Å². The first kappa shape index (κ1) is 22.2. The molecule has 5 rings (SSSR count). The quantitative estimate of drug-likeness (QED) is 0.482. The highest BCUT2D eigenvalue weighted by atomic mass is 16.6. The number of hydrogen-bond acceptors (Lipinski definition) is 8. The summed E-state index contributed by atoms with van der Waals surface area (Å²) in [4.78, 5) is 23.0. The normalized spacial score (nSPS) is 17.1. The number of aromatic nitrogens is 2. The molecular weight excluding hydrogens is 436 g/mol. The van der Waals surface area contributed by atoms with E-state index in [0.29, 0.717) is 43.7 Å². The van der Waals surface area contributed by atoms with Gasteiger partial charge in [-0.25, -0.2) is 9.78 Å². The predicted molar refractivity (Wildman–Crippen MR) is 127 cm³/mol. The van der Waals surface area contributed by atoms with E-state index in [-0.39, 0.29) is 12.2 Å². The van der Waals surface area contributed by atoms with Crippen LogP contribution in [-0.2, 0) is 11.2 Å². The molecule has 0 radical (unpaired) electrons. The Morgan fingerprint density at radius 3 is 2.88 bits per heavy atom. The Balaban J connectivity index is 1.07. The van der Waals surface area contributed by atoms with E-state index in [1.54, 1.807) is 12.0 Å². The molecule has 3 aromatic rings. The van der Waals surface area contributed by atoms with E-state index in [2.05, 4.69) is 15.3 Å². The van der Waals surface area contributed by atoms with Crippen LogP contribution in [0, 0.1) is 0 Å². The lowest BCUT2D eigenvalue weighted by Crippen LogP contribution is -2.31. The van der Waals surface area contributed by atoms with Gasteiger partial charge in [0.05, 0.1) is 30.4 Å². The molecule has 0 bridgehead atoms. The maximum absolute atomic E-state index is 12.4. The molecule has 2 aliphatic rings. The number of hydrogen-bond donors (Lipinski definition) is 1. The summed E-state index contributed by atoms with van der Waals surface area (Å²) in [5, 5.41) is 3.41. The van der Waals surface area contributed by atoms with E-state index < -0.39 is 0 Å². The molecule has 0 aliphatic carbocycles. The molecule has 1 aromatic carbocycles. The Bertz CT molecular complexity index is 1170. The van der Waals surface area contributed by atoms with Crippen molar-refractivity contribution in [2.75, 3.05) is 44.9 Å². The second kappa shape index (κ2) is 10.1. The third-order valence-electron chi connectivity index (χ3n) is 5.98. The van der Waals surface area contributed by atoms with Gasteiger partial charge in [-0.1, -0.05) is 0 Å². The predicted octanol–water partition coefficient (Wildman–Crippen LogP) is 3.35. The average molecular weight is 465 g/mol. The summed E-state index contributed by atoms with van der Waals surface area (Å²) in [7, 11) is 1.62. The molecule has 1 atom stereocenters. The van der Waals surface area contributed by atoms with Crippen molar-refractivity contribution in [3.05, 3.63) is 48.2 Å². The molecule has 34 heavy (non-hydrogen) atoms. The maximum atomic E-state index is 12.4. The van der Waals surface area contributed by atoms with E-state index in [0.717, 1.165) is 42.5 Å². The summed E-state index contributed by atoms with van der Waals surface area (Å²) >= 11 is 0. The van der Waals surface area contributed by atoms with Crippen molar-refractivity contribution >= 4 is 22.8 Å². The summed E-state index contributed by atoms with van der Waals surface area (Å²) in [5.41, 5.74) is 3.70. The number of nitrogens with zero attached hydrogens (tertiary/aromatic N) is 3. The smallest absolute Gasteiger partial charge is 0.414 e. The van der Waals surface area contributed by atoms with Gasteiger partial charge in [0.25, 0.3) is 0 Å². The van der Waals surface area contributed by atoms with Crippen LogP contribution in [0.5, 0.6) is 17.4 Å². The number of pyridine rings is 2. The SMILES string of the molecule is COc1ccc2nccc(CCCCNC[C@H]3CN(c4ccc5c(c4)OCCO5)C(=O)O3)c2n1. The number of fused-ring (bicyclic) bond motifs is 2. The number of aryl methyl sites for hydroxylation is 1. The number of unbranched alkanes of at least 4 members (excludes halogenated alkanes) is 1. The summed E-state index contributed by atoms with van der Waals surface area (Å²) < 4.78 is 22.0. The van der Waals surface area contributed by atoms with Crippen LogP contribution in [0.2, 0.25) is 0 Å². The third-order valence-corrected chi connectivity index (χ3v) is 5.98. The van der Waals surface area contributed by atoms with Gasteiger partial charge in [-0.05, 0) is 55.6 Å². The number of anilines is 1. The molecule has 2 aliphatic heterocycles. The molecule has 9 nitrogen and oxygen atoms in total. The average Bonchev–Trinajstić information content (AvgIpc) is 3.25. The molecule has 178 valence electrons. The summed E-state index contributed by atoms with van der Waals surface area (Å²) in [6.07, 6.45) is 4.22. The van der Waals surface area contributed by atoms with Gasteiger partial charge in [0.1, 0.15) is 19.3 Å². The lowest BCUT2D eigenvalue weighted by Gasteiger charge is -2.21. The van der Waals surface area contributed by atoms with Crippen LogP contribution < -0.4 is 24.4 Å². The van der Waals surface area contributed by atoms with Gasteiger partial charge in [-0.15, -0.1) is 0 Å². The zero-order valence-corrected chi connectivity index (χ0v) is 19.2. The summed E-state index contributed by atoms with van der Waals surface area (Å²) in [5.74, 6) is 1.96. The van der Waals surface area contributed by atoms with Crippen molar-refractivity contribution < 1.29 is 23.7 Å². The maximum Gasteiger partial charge on any atom is 0.414 e. The van der Waals surface area contributed by atoms with Crippen molar-refractivity contribution in [1.82, 2.24) is 15.3 Å². The highest BCUT2D eigenvalue weighted by molar-refractivity contribution is 5.90. The van der Waals surface area contributed by atoms with Crippen LogP contribution in [0.25, 0.3) is 11.0 Å². The molecule has 4 heterocycles. The first-order valence-corrected chi connectivity index (χ1v) is 11.6. The number of benzene rings is 1. The minimum absolute atomic E-state index is 0.193. The number of amides is 1. The highest BCUT2D eigenvalue weighted by Crippen LogP contribution is 2.35. The number of rotatable bonds is 9. The van der Waals surface area contributed by atoms with Crippen molar-refractivity contribution in [2.45, 2.75) is 25.4 Å². The lowest BCUT2D eigenvalue weighted by molar-refractivity contribution is 0.140. The Morgan fingerprint density at radius 2 is 2.00 bits per heavy atom. The fourth-order valence-electron chi connectivity index (χ4n) is 4.24. The molecule has 0 saturated carbocycles. The molecule has 9 heteroatoms. The zero-order chi connectivity index (χ0) is 23.3. The molecule has 1 N–H and O–H groups in total. The fraction of sp³-hybridized carbons (Fsp3) is 0.400. The van der Waals surface area contributed by atoms with Crippen LogP contribution >= 0.6 is 0 Å². The largest absolute Gasteiger partial charge is 0.486 e. The molecule has 1 fully saturated rings. The van der Waals surface area contributed by atoms with Crippen LogP contribution in [0.3, 0.4) is 0 Å². The number of nitrogens with one attached hydrogen (secondary N) is 1. The van der Waals surface area contributed by atoms with Gasteiger partial charge in [0, 0.05) is 24.9 Å². The number of carbonyl (C=O) groups is 1. The van der Waals surface area contributed by atoms with Crippen LogP contribution in [-0.4, -0.2) is 62.1 Å². The highest BCUT2D eigenvalue weighted by Gasteiger charge is 2.32. The minimum atomic E-state index is -0.337. The number of ether oxygens (including phenoxy) is 4. The van der Waals surface area contributed by atoms with Crippen LogP contribution in [0.1, 0.15) is 18.4 Å². The number of cyclic esters (lactones) is 1. The van der Waals surface area contributed by atoms with Crippen LogP contribution in [0.15, 0.2) is 42.6 Å². The van der Waals surface area contributed by atoms with Gasteiger partial charge in [0.2, 0.25) is 5.88 Å². The fourth-order valence-corrected chi connectivity index (χ4v) is 4.24. The van der Waals surface area contributed by atoms with E-state index in [1.165, 1.54) is 5.56 Å². The van der Waals surface area contributed by atoms with Crippen molar-refractivity contribution in [3.8, 4) is 17.4 Å². The standard InChI is InChI=1S/C25H28N4O5/c1-31-23-8-6-20-24(28-23)17(9-11-27-20)4-2-3-10-26-15-19-16-29(25(30)34-19)18-5-7-21-22(14-18)33-13-12-32-21/h5-9,11,14,19,26H,2-4,10,12-13,15-16H2,1H3/t19-/m0/s1. The van der Waals surface area contributed by atoms with Gasteiger partial charge < -0.3 is 24.3 Å². The Hall–Kier alpha value is -3.59. The Morgan fingerprint density at radius 1 is 1.12 bits per heavy atom. The Labute approximate surface area is 198 Å². The van der Waals surface area contributed by atoms with Crippen molar-refractivity contribution in [2.24, 2.45) is 0 Å². The number of carbonyl (C=O) groups excluding carboxylic acids is 1. The van der Waals surface area contributed by atoms with Gasteiger partial charge >= 0.3 is 6.09 Å². The van der Waals surface area contributed by atoms with E-state index in [4.69, 9.17) is 18.9 Å². The van der Waals surface area contributed by atoms with Gasteiger partial charge in [-0.2, -0.15) is 0 Å². The molecular formula is C25H28N4O5. The minimum Gasteiger partial charge on any atom is -0.486 e. The van der Waals surface area contributed by atoms with E-state index in [9.17, 15) is 4.79 Å². The first-order valence-electron chi connectivity index (χ1n) is 11.6. The van der Waals surface area contributed by atoms with Gasteiger partial charge in [-0.3, -0.25) is 9.88 Å². The number of methoxy groups -OCH3 is 1. The second-order valence-electron chi connectivity index (χ2n) is 8.30. The molecule has 1 amide bonds. The molecule has 2 aromatic heterocycles. The summed E-state index contributed by atoms with van der Waals surface area (Å²) in [6.45, 7) is 3.01. The lowest BCUT2D eigenvalue weighted by atomic mass is 10.1. The molecule has 0 unspecified atom stereocenters. The monoisotopic (exact) mass is 464 g/mol. The third kappa shape index (κ3) is 4.84. The molecule has 1 saturated heterocycles. The van der Waals surface area contributed by atoms with E-state index in [1.807, 2.05) is 42.6 Å². The second-order valence-corrected chi connectivity index (χ2v) is 8.30. The zero-order valence-electron chi connectivity index (χ0n) is 19.2. The Kier molecular flexibility index (Phi) is 6.62. The van der Waals surface area contributed by atoms with Crippen molar-refractivity contribution in [1.29, 1.82) is 0 Å². The first-order chi connectivity index (χ1) is 16.7. The van der Waals surface area contributed by atoms with E-state index >= 15 is 0 Å².